The zero-order valence-corrected chi connectivity index (χ0v) is 26.4. The zero-order chi connectivity index (χ0) is 31.5. The van der Waals surface area contributed by atoms with Crippen LogP contribution in [0.3, 0.4) is 0 Å². The summed E-state index contributed by atoms with van der Waals surface area (Å²) in [5.74, 6) is -0.788. The molecule has 4 aromatic rings. The maximum absolute atomic E-state index is 14.6. The van der Waals surface area contributed by atoms with E-state index in [0.717, 1.165) is 17.1 Å². The third-order valence-corrected chi connectivity index (χ3v) is 7.75. The smallest absolute Gasteiger partial charge is 0.407 e. The van der Waals surface area contributed by atoms with Crippen molar-refractivity contribution in [1.82, 2.24) is 24.1 Å². The van der Waals surface area contributed by atoms with Gasteiger partial charge in [0.25, 0.3) is 11.5 Å². The number of amides is 2. The van der Waals surface area contributed by atoms with E-state index >= 15 is 0 Å². The summed E-state index contributed by atoms with van der Waals surface area (Å²) in [6.45, 7) is 12.9. The molecular weight excluding hydrogens is 569 g/mol. The van der Waals surface area contributed by atoms with Crippen LogP contribution in [0.15, 0.2) is 53.3 Å². The molecule has 11 heteroatoms. The molecular formula is C32H38FN5O4S. The molecule has 1 N–H and O–H groups in total. The lowest BCUT2D eigenvalue weighted by Crippen LogP contribution is -2.45. The minimum atomic E-state index is -0.708. The molecule has 43 heavy (non-hydrogen) atoms. The van der Waals surface area contributed by atoms with Gasteiger partial charge in [0, 0.05) is 18.7 Å². The third kappa shape index (κ3) is 7.45. The highest BCUT2D eigenvalue weighted by Gasteiger charge is 2.34. The summed E-state index contributed by atoms with van der Waals surface area (Å²) in [4.78, 5) is 47.6. The fourth-order valence-corrected chi connectivity index (χ4v) is 5.65. The maximum atomic E-state index is 14.6. The summed E-state index contributed by atoms with van der Waals surface area (Å²) in [5.41, 5.74) is 1.11. The topological polar surface area (TPSA) is 106 Å². The lowest BCUT2D eigenvalue weighted by atomic mass is 9.99. The van der Waals surface area contributed by atoms with Crippen LogP contribution in [0.5, 0.6) is 0 Å². The van der Waals surface area contributed by atoms with Crippen LogP contribution in [0.1, 0.15) is 73.7 Å². The summed E-state index contributed by atoms with van der Waals surface area (Å²) in [6.07, 6.45) is -0.622. The van der Waals surface area contributed by atoms with Crippen LogP contribution in [-0.2, 0) is 11.3 Å². The van der Waals surface area contributed by atoms with Crippen molar-refractivity contribution in [3.63, 3.8) is 0 Å². The lowest BCUT2D eigenvalue weighted by molar-refractivity contribution is 0.0486. The van der Waals surface area contributed by atoms with Crippen molar-refractivity contribution in [1.29, 1.82) is 0 Å². The van der Waals surface area contributed by atoms with E-state index in [1.165, 1.54) is 6.07 Å². The third-order valence-electron chi connectivity index (χ3n) is 6.91. The normalized spacial score (nSPS) is 12.4. The molecule has 1 unspecified atom stereocenters. The Morgan fingerprint density at radius 3 is 2.44 bits per heavy atom. The van der Waals surface area contributed by atoms with Crippen molar-refractivity contribution < 1.29 is 18.7 Å². The number of alkyl carbamates (subject to hydrolysis) is 1. The molecule has 228 valence electrons. The summed E-state index contributed by atoms with van der Waals surface area (Å²) in [7, 11) is 0. The first-order valence-corrected chi connectivity index (χ1v) is 15.0. The number of aryl methyl sites for hydroxylation is 2. The van der Waals surface area contributed by atoms with E-state index < -0.39 is 29.5 Å². The Labute approximate surface area is 254 Å². The van der Waals surface area contributed by atoms with Gasteiger partial charge in [0.2, 0.25) is 0 Å². The molecule has 2 amide bonds. The standard InChI is InChI=1S/C32H38FN5O4S/c1-19(2)26(27-35-28-25(21(4)36-43-28)30(40)38(27)18-22-11-9-8-10-12-22)37(16-15-34-31(41)42-32(5,6)7)29(39)23-14-13-20(3)24(33)17-23/h8-14,17,19,26H,15-16,18H2,1-7H3,(H,34,41). The van der Waals surface area contributed by atoms with E-state index in [0.29, 0.717) is 27.3 Å². The molecule has 2 heterocycles. The molecule has 2 aromatic carbocycles. The Hall–Kier alpha value is -4.12. The number of halogens is 1. The molecule has 0 aliphatic rings. The number of nitrogens with one attached hydrogen (secondary N) is 1. The Morgan fingerprint density at radius 2 is 1.81 bits per heavy atom. The van der Waals surface area contributed by atoms with Crippen LogP contribution < -0.4 is 10.9 Å². The number of rotatable bonds is 9. The van der Waals surface area contributed by atoms with Gasteiger partial charge in [-0.3, -0.25) is 14.2 Å². The second-order valence-corrected chi connectivity index (χ2v) is 12.6. The van der Waals surface area contributed by atoms with Crippen molar-refractivity contribution >= 4 is 33.7 Å². The van der Waals surface area contributed by atoms with Crippen LogP contribution in [0.4, 0.5) is 9.18 Å². The van der Waals surface area contributed by atoms with Gasteiger partial charge in [0.1, 0.15) is 17.2 Å². The highest BCUT2D eigenvalue weighted by Crippen LogP contribution is 2.31. The minimum Gasteiger partial charge on any atom is -0.444 e. The molecule has 1 atom stereocenters. The van der Waals surface area contributed by atoms with Gasteiger partial charge in [-0.15, -0.1) is 0 Å². The van der Waals surface area contributed by atoms with Gasteiger partial charge in [0.15, 0.2) is 4.83 Å². The van der Waals surface area contributed by atoms with Crippen molar-refractivity contribution in [2.24, 2.45) is 5.92 Å². The molecule has 4 rings (SSSR count). The fraction of sp³-hybridized carbons (Fsp3) is 0.406. The van der Waals surface area contributed by atoms with Crippen molar-refractivity contribution in [2.75, 3.05) is 13.1 Å². The Kier molecular flexibility index (Phi) is 9.64. The number of carbonyl (C=O) groups is 2. The van der Waals surface area contributed by atoms with E-state index in [1.807, 2.05) is 44.2 Å². The second-order valence-electron chi connectivity index (χ2n) is 11.9. The van der Waals surface area contributed by atoms with E-state index in [2.05, 4.69) is 9.69 Å². The number of ether oxygens (including phenoxy) is 1. The van der Waals surface area contributed by atoms with Crippen molar-refractivity contribution in [2.45, 2.75) is 66.7 Å². The van der Waals surface area contributed by atoms with E-state index in [9.17, 15) is 18.8 Å². The average molecular weight is 608 g/mol. The lowest BCUT2D eigenvalue weighted by Gasteiger charge is -2.35. The van der Waals surface area contributed by atoms with Crippen molar-refractivity contribution in [3.05, 3.63) is 92.9 Å². The van der Waals surface area contributed by atoms with Gasteiger partial charge in [-0.1, -0.05) is 50.2 Å². The highest BCUT2D eigenvalue weighted by molar-refractivity contribution is 7.12. The molecule has 0 saturated heterocycles. The van der Waals surface area contributed by atoms with Crippen LogP contribution in [0.25, 0.3) is 10.2 Å². The molecule has 0 aliphatic carbocycles. The Morgan fingerprint density at radius 1 is 1.12 bits per heavy atom. The maximum Gasteiger partial charge on any atom is 0.407 e. The van der Waals surface area contributed by atoms with Crippen molar-refractivity contribution in [3.8, 4) is 0 Å². The summed E-state index contributed by atoms with van der Waals surface area (Å²) < 4.78 is 26.0. The van der Waals surface area contributed by atoms with Gasteiger partial charge >= 0.3 is 6.09 Å². The number of carbonyl (C=O) groups excluding carboxylic acids is 2. The molecule has 2 aromatic heterocycles. The summed E-state index contributed by atoms with van der Waals surface area (Å²) in [5, 5.41) is 3.16. The molecule has 0 bridgehead atoms. The van der Waals surface area contributed by atoms with Gasteiger partial charge in [-0.05, 0) is 75.3 Å². The molecule has 0 fully saturated rings. The summed E-state index contributed by atoms with van der Waals surface area (Å²) in [6, 6.07) is 13.2. The van der Waals surface area contributed by atoms with Gasteiger partial charge < -0.3 is 15.0 Å². The average Bonchev–Trinajstić information content (AvgIpc) is 3.31. The Balaban J connectivity index is 1.84. The van der Waals surface area contributed by atoms with Gasteiger partial charge in [-0.2, -0.15) is 4.37 Å². The zero-order valence-electron chi connectivity index (χ0n) is 25.6. The van der Waals surface area contributed by atoms with E-state index in [1.54, 1.807) is 56.2 Å². The first kappa shape index (κ1) is 31.8. The van der Waals surface area contributed by atoms with Crippen LogP contribution >= 0.6 is 11.5 Å². The highest BCUT2D eigenvalue weighted by atomic mass is 32.1. The summed E-state index contributed by atoms with van der Waals surface area (Å²) >= 11 is 1.13. The van der Waals surface area contributed by atoms with Gasteiger partial charge in [-0.25, -0.2) is 14.2 Å². The number of benzene rings is 2. The quantitative estimate of drug-likeness (QED) is 0.249. The molecule has 0 spiro atoms. The fourth-order valence-electron chi connectivity index (χ4n) is 4.88. The molecule has 0 aliphatic heterocycles. The second kappa shape index (κ2) is 13.0. The Bertz CT molecular complexity index is 1680. The molecule has 0 saturated carbocycles. The SMILES string of the molecule is Cc1ccc(C(=O)N(CCNC(=O)OC(C)(C)C)C(c2nc3snc(C)c3c(=O)n2Cc2ccccc2)C(C)C)cc1F. The molecule has 0 radical (unpaired) electrons. The number of aromatic nitrogens is 3. The number of fused-ring (bicyclic) bond motifs is 1. The largest absolute Gasteiger partial charge is 0.444 e. The number of nitrogens with zero attached hydrogens (tertiary/aromatic N) is 4. The van der Waals surface area contributed by atoms with E-state index in [4.69, 9.17) is 9.72 Å². The van der Waals surface area contributed by atoms with E-state index in [-0.39, 0.29) is 36.7 Å². The van der Waals surface area contributed by atoms with Crippen LogP contribution in [0, 0.1) is 25.6 Å². The first-order valence-electron chi connectivity index (χ1n) is 14.2. The predicted octanol–water partition coefficient (Wildman–Crippen LogP) is 6.02. The first-order chi connectivity index (χ1) is 20.3. The van der Waals surface area contributed by atoms with Gasteiger partial charge in [0.05, 0.1) is 23.7 Å². The predicted molar refractivity (Wildman–Crippen MR) is 166 cm³/mol. The monoisotopic (exact) mass is 607 g/mol. The number of hydrogen-bond acceptors (Lipinski definition) is 7. The van der Waals surface area contributed by atoms with Crippen LogP contribution in [-0.4, -0.2) is 49.5 Å². The molecule has 9 nitrogen and oxygen atoms in total. The number of hydrogen-bond donors (Lipinski definition) is 1. The van der Waals surface area contributed by atoms with Crippen LogP contribution in [0.2, 0.25) is 0 Å². The minimum absolute atomic E-state index is 0.0530.